The van der Waals surface area contributed by atoms with Gasteiger partial charge in [0.15, 0.2) is 108 Å². The third kappa shape index (κ3) is 54.8. The quantitative estimate of drug-likeness (QED) is 0.0448. The summed E-state index contributed by atoms with van der Waals surface area (Å²) in [6, 6.07) is 11.5. The Kier molecular flexibility index (Phi) is 59.5. The summed E-state index contributed by atoms with van der Waals surface area (Å²) in [5.74, 6) is 0. The van der Waals surface area contributed by atoms with Crippen LogP contribution in [0.4, 0.5) is 0 Å². The summed E-state index contributed by atoms with van der Waals surface area (Å²) in [4.78, 5) is 0. The van der Waals surface area contributed by atoms with E-state index in [2.05, 4.69) is 207 Å². The Morgan fingerprint density at radius 3 is 1.26 bits per heavy atom. The summed E-state index contributed by atoms with van der Waals surface area (Å²) in [5, 5.41) is 0. The molecule has 0 aliphatic carbocycles. The summed E-state index contributed by atoms with van der Waals surface area (Å²) in [7, 11) is -40.3. The van der Waals surface area contributed by atoms with Crippen molar-refractivity contribution in [3.05, 3.63) is 0 Å². The molecule has 4 saturated heterocycles. The van der Waals surface area contributed by atoms with Gasteiger partial charge in [0.05, 0.1) is 0 Å². The molecule has 4 fully saturated rings. The third-order valence-electron chi connectivity index (χ3n) is 15.7. The Morgan fingerprint density at radius 2 is 0.762 bits per heavy atom. The molecule has 0 aromatic rings. The van der Waals surface area contributed by atoms with E-state index in [4.69, 9.17) is 87.7 Å². The van der Waals surface area contributed by atoms with Crippen LogP contribution in [0.5, 0.6) is 0 Å². The van der Waals surface area contributed by atoms with Gasteiger partial charge in [-0.05, 0) is 244 Å². The van der Waals surface area contributed by atoms with Crippen LogP contribution in [0.3, 0.4) is 0 Å². The third-order valence-corrected chi connectivity index (χ3v) is 93.4. The van der Waals surface area contributed by atoms with Crippen LogP contribution in [0.2, 0.25) is 236 Å². The fourth-order valence-corrected chi connectivity index (χ4v) is 101. The van der Waals surface area contributed by atoms with Gasteiger partial charge in [-0.3, -0.25) is 0 Å². The zero-order chi connectivity index (χ0) is 78.2. The molecule has 0 N–H and O–H groups in total. The van der Waals surface area contributed by atoms with Crippen molar-refractivity contribution in [2.45, 2.75) is 329 Å². The fraction of sp³-hybridized carbons (Fsp3) is 1.00. The van der Waals surface area contributed by atoms with Gasteiger partial charge in [0, 0.05) is 38.6 Å². The first-order chi connectivity index (χ1) is 46.7. The Balaban J connectivity index is 0. The Hall–Kier alpha value is 4.50. The van der Waals surface area contributed by atoms with Crippen molar-refractivity contribution in [3.8, 4) is 0 Å². The number of hydrogen-bond acceptors (Lipinski definition) is 23. The summed E-state index contributed by atoms with van der Waals surface area (Å²) >= 11 is 0. The molecule has 4 aliphatic rings. The smallest absolute Gasteiger partial charge is 0.460 e. The predicted octanol–water partition coefficient (Wildman–Crippen LogP) is 8.15. The molecule has 0 amide bonds. The van der Waals surface area contributed by atoms with Crippen LogP contribution >= 0.6 is 0 Å². The lowest BCUT2D eigenvalue weighted by Gasteiger charge is -2.44. The average molecular weight is 1870 g/mol. The lowest BCUT2D eigenvalue weighted by Crippen LogP contribution is -2.66. The van der Waals surface area contributed by atoms with Crippen LogP contribution in [0.1, 0.15) is 68.7 Å². The summed E-state index contributed by atoms with van der Waals surface area (Å²) in [6.45, 7) is 73.5. The van der Waals surface area contributed by atoms with Crippen molar-refractivity contribution in [2.24, 2.45) is 0 Å². The van der Waals surface area contributed by atoms with Gasteiger partial charge in [-0.2, -0.15) is 0 Å². The van der Waals surface area contributed by atoms with E-state index in [-0.39, 0.29) is 31.7 Å². The van der Waals surface area contributed by atoms with Gasteiger partial charge in [-0.15, -0.1) is 0 Å². The first-order valence-electron chi connectivity index (χ1n) is 38.6. The molecular weight excluding hydrogens is 1710 g/mol. The molecule has 48 heteroatoms. The fourth-order valence-electron chi connectivity index (χ4n) is 12.6. The highest BCUT2D eigenvalue weighted by atomic mass is 28.6. The maximum Gasteiger partial charge on any atom is 0.641 e. The highest BCUT2D eigenvalue weighted by Crippen LogP contribution is 2.33. The van der Waals surface area contributed by atoms with Crippen LogP contribution in [0.25, 0.3) is 0 Å². The van der Waals surface area contributed by atoms with Crippen molar-refractivity contribution < 1.29 is 96.5 Å². The van der Waals surface area contributed by atoms with E-state index in [0.717, 1.165) is 54.4 Å². The van der Waals surface area contributed by atoms with Gasteiger partial charge in [0.1, 0.15) is 0 Å². The van der Waals surface area contributed by atoms with Crippen molar-refractivity contribution in [1.29, 1.82) is 0 Å². The maximum atomic E-state index is 7.22. The zero-order valence-corrected chi connectivity index (χ0v) is 100. The second-order valence-corrected chi connectivity index (χ2v) is 97.9. The minimum atomic E-state index is -3.95. The molecule has 4 heterocycles. The Bertz CT molecular complexity index is 1920. The largest absolute Gasteiger partial charge is 0.641 e. The Morgan fingerprint density at radius 1 is 0.366 bits per heavy atom. The zero-order valence-electron chi connectivity index (χ0n) is 71.4. The molecule has 0 saturated carbocycles. The molecule has 0 aromatic heterocycles. The predicted molar refractivity (Wildman–Crippen MR) is 486 cm³/mol. The molecule has 17 unspecified atom stereocenters. The first kappa shape index (κ1) is 108. The van der Waals surface area contributed by atoms with E-state index in [9.17, 15) is 0 Å². The van der Waals surface area contributed by atoms with Gasteiger partial charge in [0.25, 0.3) is 38.6 Å². The van der Waals surface area contributed by atoms with Gasteiger partial charge >= 0.3 is 80.4 Å². The molecule has 4 rings (SSSR count). The van der Waals surface area contributed by atoms with Gasteiger partial charge < -0.3 is 96.5 Å². The van der Waals surface area contributed by atoms with Gasteiger partial charge in [-0.1, -0.05) is 60.7 Å². The normalized spacial score (nSPS) is 29.8. The second kappa shape index (κ2) is 55.9. The molecule has 0 bridgehead atoms. The van der Waals surface area contributed by atoms with Crippen LogP contribution in [0.15, 0.2) is 0 Å². The molecule has 0 spiro atoms. The van der Waals surface area contributed by atoms with E-state index < -0.39 is 208 Å². The summed E-state index contributed by atoms with van der Waals surface area (Å²) in [5.41, 5.74) is 1.19. The molecule has 4 aliphatic heterocycles. The standard InChI is InChI=1S/C37H110O18Si20.C8H22O3Si3.2C2H8OSi.2C2H6/c1-35-31-61(7)47-67(48-63(9)38-35)27-29-68(11,12)43-57-41-58-44-75(42-56-4,54-73(21,22)52-71(17,18)50-69(13,14)28-25-65-34-62(8)45-59(5)32-36(2)39-65)55-74(23,24)53-72(19,20)51-70(15,16)30-26-66-40-37(3)33-60(6)46-64(10)49-66;1-5-6-14-7-8(2)9-12(3)10-13(4)11-14;2*1-3-4-2;2*1-2/h35-37,59-67H,25-34,56-58H2,1-24H3;8,12-14H,5-7H2,1-4H3;2*4H2,1-2H3;2*1-2H3. The minimum absolute atomic E-state index is 0.0756. The molecule has 17 atom stereocenters. The Labute approximate surface area is 661 Å². The van der Waals surface area contributed by atoms with Crippen molar-refractivity contribution >= 4 is 227 Å². The monoisotopic (exact) mass is 1860 g/mol. The molecule has 0 aromatic carbocycles. The van der Waals surface area contributed by atoms with Crippen LogP contribution in [-0.4, -0.2) is 266 Å². The molecule has 610 valence electrons. The molecule has 0 radical (unpaired) electrons. The maximum absolute atomic E-state index is 7.22. The molecule has 23 nitrogen and oxygen atoms in total. The summed E-state index contributed by atoms with van der Waals surface area (Å²) < 4.78 is 149. The lowest BCUT2D eigenvalue weighted by atomic mass is 10.5. The minimum Gasteiger partial charge on any atom is -0.460 e. The number of hydrogen-bond donors (Lipinski definition) is 0. The van der Waals surface area contributed by atoms with Crippen LogP contribution in [-0.2, 0) is 96.5 Å². The lowest BCUT2D eigenvalue weighted by molar-refractivity contribution is 0.123. The van der Waals surface area contributed by atoms with Gasteiger partial charge in [-0.25, -0.2) is 0 Å². The van der Waals surface area contributed by atoms with E-state index in [0.29, 0.717) is 12.2 Å². The second-order valence-electron chi connectivity index (χ2n) is 30.2. The number of rotatable bonds is 33. The summed E-state index contributed by atoms with van der Waals surface area (Å²) in [6.07, 6.45) is 2.29. The highest BCUT2D eigenvalue weighted by molar-refractivity contribution is 6.92. The van der Waals surface area contributed by atoms with Crippen molar-refractivity contribution in [2.75, 3.05) is 14.2 Å². The van der Waals surface area contributed by atoms with Crippen molar-refractivity contribution in [3.63, 3.8) is 0 Å². The topological polar surface area (TPSA) is 212 Å². The van der Waals surface area contributed by atoms with Crippen molar-refractivity contribution in [1.82, 2.24) is 0 Å². The van der Waals surface area contributed by atoms with E-state index in [1.165, 1.54) is 24.2 Å². The molecule has 101 heavy (non-hydrogen) atoms. The van der Waals surface area contributed by atoms with E-state index in [1.807, 2.05) is 27.7 Å². The van der Waals surface area contributed by atoms with Crippen LogP contribution in [0, 0.1) is 0 Å². The van der Waals surface area contributed by atoms with Crippen LogP contribution < -0.4 is 0 Å². The van der Waals surface area contributed by atoms with E-state index in [1.54, 1.807) is 14.2 Å². The highest BCUT2D eigenvalue weighted by Gasteiger charge is 2.57. The van der Waals surface area contributed by atoms with Gasteiger partial charge in [0.2, 0.25) is 0 Å². The molecular formula is C53H160O23Si25. The average Bonchev–Trinajstić information content (AvgIpc) is 0.790. The first-order valence-corrected chi connectivity index (χ1v) is 95.0. The van der Waals surface area contributed by atoms with E-state index >= 15 is 0 Å². The SMILES string of the molecule is CC.CC.CCC[SiH]1CC(C)O[SiH](C)O[SiH](C)O1.CO[SiH2]C.CO[SiH2]C.C[SiH2]O[Si](O[SiH2]O[SiH2]O[Si](C)(C)CC[SiH]1O[SiH](C)CC(C)O[SiH](C)O1)(O[Si](C)(C)O[Si](C)(C)O[Si](C)(C)CC[SiH]1C[SiH](C)O[SiH](C)CC(C)O1)O[Si](C)(C)O[Si](C)(C)O[Si](C)(C)CC[SiH]1OC(C)C[SiH](C)O[SiH](C)O1.